The van der Waals surface area contributed by atoms with Gasteiger partial charge >= 0.3 is 0 Å². The SMILES string of the molecule is CCCCCCCCCCCCC(c1ccncc1)c1nccs1. The summed E-state index contributed by atoms with van der Waals surface area (Å²) in [5.41, 5.74) is 1.36. The largest absolute Gasteiger partial charge is 0.265 e. The van der Waals surface area contributed by atoms with Crippen molar-refractivity contribution in [1.29, 1.82) is 0 Å². The maximum atomic E-state index is 4.55. The van der Waals surface area contributed by atoms with E-state index in [-0.39, 0.29) is 0 Å². The Morgan fingerprint density at radius 2 is 1.46 bits per heavy atom. The summed E-state index contributed by atoms with van der Waals surface area (Å²) in [6, 6.07) is 4.28. The van der Waals surface area contributed by atoms with Gasteiger partial charge in [0.1, 0.15) is 0 Å². The minimum absolute atomic E-state index is 0.446. The van der Waals surface area contributed by atoms with E-state index in [0.717, 1.165) is 0 Å². The van der Waals surface area contributed by atoms with E-state index in [1.54, 1.807) is 11.3 Å². The molecule has 0 amide bonds. The molecule has 3 heteroatoms. The summed E-state index contributed by atoms with van der Waals surface area (Å²) in [6.45, 7) is 2.28. The first-order valence-electron chi connectivity index (χ1n) is 9.71. The lowest BCUT2D eigenvalue weighted by molar-refractivity contribution is 0.540. The molecule has 0 radical (unpaired) electrons. The molecule has 2 heterocycles. The topological polar surface area (TPSA) is 25.8 Å². The van der Waals surface area contributed by atoms with Crippen molar-refractivity contribution in [3.8, 4) is 0 Å². The van der Waals surface area contributed by atoms with Crippen molar-refractivity contribution in [1.82, 2.24) is 9.97 Å². The molecule has 0 saturated heterocycles. The Bertz CT molecular complexity index is 510. The van der Waals surface area contributed by atoms with Crippen molar-refractivity contribution in [3.05, 3.63) is 46.7 Å². The summed E-state index contributed by atoms with van der Waals surface area (Å²) >= 11 is 1.78. The quantitative estimate of drug-likeness (QED) is 0.366. The van der Waals surface area contributed by atoms with E-state index >= 15 is 0 Å². The fraction of sp³-hybridized carbons (Fsp3) is 0.619. The maximum Gasteiger partial charge on any atom is 0.0999 e. The van der Waals surface area contributed by atoms with Gasteiger partial charge in [0.2, 0.25) is 0 Å². The zero-order chi connectivity index (χ0) is 16.9. The molecule has 0 aliphatic carbocycles. The number of pyridine rings is 1. The molecule has 24 heavy (non-hydrogen) atoms. The summed E-state index contributed by atoms with van der Waals surface area (Å²) in [7, 11) is 0. The van der Waals surface area contributed by atoms with Crippen molar-refractivity contribution in [2.45, 2.75) is 83.5 Å². The molecule has 0 aliphatic heterocycles. The lowest BCUT2D eigenvalue weighted by atomic mass is 9.94. The molecule has 0 saturated carbocycles. The minimum atomic E-state index is 0.446. The van der Waals surface area contributed by atoms with Crippen LogP contribution in [-0.4, -0.2) is 9.97 Å². The van der Waals surface area contributed by atoms with Crippen molar-refractivity contribution >= 4 is 11.3 Å². The number of hydrogen-bond acceptors (Lipinski definition) is 3. The highest BCUT2D eigenvalue weighted by molar-refractivity contribution is 7.09. The summed E-state index contributed by atoms with van der Waals surface area (Å²) in [4.78, 5) is 8.70. The lowest BCUT2D eigenvalue weighted by Crippen LogP contribution is -2.01. The Morgan fingerprint density at radius 3 is 2.04 bits per heavy atom. The summed E-state index contributed by atoms with van der Waals surface area (Å²) in [5.74, 6) is 0.446. The third-order valence-corrected chi connectivity index (χ3v) is 5.59. The van der Waals surface area contributed by atoms with Crippen molar-refractivity contribution < 1.29 is 0 Å². The van der Waals surface area contributed by atoms with Gasteiger partial charge in [-0.3, -0.25) is 4.98 Å². The van der Waals surface area contributed by atoms with Gasteiger partial charge < -0.3 is 0 Å². The molecule has 2 rings (SSSR count). The Kier molecular flexibility index (Phi) is 9.70. The van der Waals surface area contributed by atoms with E-state index in [9.17, 15) is 0 Å². The van der Waals surface area contributed by atoms with E-state index in [1.165, 1.54) is 81.2 Å². The van der Waals surface area contributed by atoms with E-state index in [0.29, 0.717) is 5.92 Å². The second kappa shape index (κ2) is 12.2. The van der Waals surface area contributed by atoms with Crippen LogP contribution in [0.4, 0.5) is 0 Å². The molecule has 0 aromatic carbocycles. The van der Waals surface area contributed by atoms with Gasteiger partial charge in [0.25, 0.3) is 0 Å². The Labute approximate surface area is 151 Å². The first-order chi connectivity index (χ1) is 11.9. The fourth-order valence-electron chi connectivity index (χ4n) is 3.27. The minimum Gasteiger partial charge on any atom is -0.265 e. The highest BCUT2D eigenvalue weighted by Crippen LogP contribution is 2.31. The zero-order valence-corrected chi connectivity index (χ0v) is 15.9. The molecule has 0 N–H and O–H groups in total. The van der Waals surface area contributed by atoms with E-state index < -0.39 is 0 Å². The molecule has 1 unspecified atom stereocenters. The molecular weight excluding hydrogens is 312 g/mol. The van der Waals surface area contributed by atoms with Gasteiger partial charge in [-0.05, 0) is 24.1 Å². The molecule has 0 fully saturated rings. The van der Waals surface area contributed by atoms with Crippen LogP contribution in [0.3, 0.4) is 0 Å². The number of thiazole rings is 1. The third-order valence-electron chi connectivity index (χ3n) is 4.70. The number of rotatable bonds is 13. The van der Waals surface area contributed by atoms with Gasteiger partial charge in [-0.15, -0.1) is 11.3 Å². The molecule has 132 valence electrons. The van der Waals surface area contributed by atoms with Crippen LogP contribution in [0.2, 0.25) is 0 Å². The van der Waals surface area contributed by atoms with Gasteiger partial charge in [0.05, 0.1) is 5.01 Å². The summed E-state index contributed by atoms with van der Waals surface area (Å²) in [6.07, 6.45) is 20.8. The predicted molar refractivity (Wildman–Crippen MR) is 105 cm³/mol. The highest BCUT2D eigenvalue weighted by Gasteiger charge is 2.16. The lowest BCUT2D eigenvalue weighted by Gasteiger charge is -2.14. The maximum absolute atomic E-state index is 4.55. The number of unbranched alkanes of at least 4 members (excludes halogenated alkanes) is 9. The summed E-state index contributed by atoms with van der Waals surface area (Å²) in [5, 5.41) is 3.33. The normalized spacial score (nSPS) is 12.4. The van der Waals surface area contributed by atoms with Gasteiger partial charge in [0, 0.05) is 29.9 Å². The van der Waals surface area contributed by atoms with Crippen LogP contribution in [0.15, 0.2) is 36.1 Å². The fourth-order valence-corrected chi connectivity index (χ4v) is 4.07. The Balaban J connectivity index is 1.64. The van der Waals surface area contributed by atoms with Crippen LogP contribution in [-0.2, 0) is 0 Å². The molecular formula is C21H32N2S. The average molecular weight is 345 g/mol. The Morgan fingerprint density at radius 1 is 0.833 bits per heavy atom. The monoisotopic (exact) mass is 344 g/mol. The number of hydrogen-bond donors (Lipinski definition) is 0. The van der Waals surface area contributed by atoms with Gasteiger partial charge in [-0.2, -0.15) is 0 Å². The van der Waals surface area contributed by atoms with Crippen LogP contribution >= 0.6 is 11.3 Å². The molecule has 2 aromatic heterocycles. The van der Waals surface area contributed by atoms with Crippen LogP contribution in [0.5, 0.6) is 0 Å². The van der Waals surface area contributed by atoms with E-state index in [1.807, 2.05) is 18.6 Å². The summed E-state index contributed by atoms with van der Waals surface area (Å²) < 4.78 is 0. The molecule has 0 spiro atoms. The van der Waals surface area contributed by atoms with Crippen molar-refractivity contribution in [2.75, 3.05) is 0 Å². The second-order valence-corrected chi connectivity index (χ2v) is 7.60. The molecule has 2 nitrogen and oxygen atoms in total. The first-order valence-corrected chi connectivity index (χ1v) is 10.6. The van der Waals surface area contributed by atoms with Crippen molar-refractivity contribution in [2.24, 2.45) is 0 Å². The van der Waals surface area contributed by atoms with Crippen LogP contribution in [0.1, 0.15) is 94.0 Å². The standard InChI is InChI=1S/C21H32N2S/c1-2-3-4-5-6-7-8-9-10-11-12-20(21-23-17-18-24-21)19-13-15-22-16-14-19/h13-18,20H,2-12H2,1H3. The first kappa shape index (κ1) is 19.1. The molecule has 2 aromatic rings. The molecule has 0 aliphatic rings. The zero-order valence-electron chi connectivity index (χ0n) is 15.1. The van der Waals surface area contributed by atoms with E-state index in [4.69, 9.17) is 0 Å². The third kappa shape index (κ3) is 7.12. The van der Waals surface area contributed by atoms with Crippen LogP contribution in [0, 0.1) is 0 Å². The number of aromatic nitrogens is 2. The molecule has 0 bridgehead atoms. The van der Waals surface area contributed by atoms with Crippen molar-refractivity contribution in [3.63, 3.8) is 0 Å². The van der Waals surface area contributed by atoms with Gasteiger partial charge in [-0.25, -0.2) is 4.98 Å². The van der Waals surface area contributed by atoms with Crippen LogP contribution < -0.4 is 0 Å². The smallest absolute Gasteiger partial charge is 0.0999 e. The van der Waals surface area contributed by atoms with Gasteiger partial charge in [-0.1, -0.05) is 71.1 Å². The average Bonchev–Trinajstić information content (AvgIpc) is 3.15. The van der Waals surface area contributed by atoms with Crippen LogP contribution in [0.25, 0.3) is 0 Å². The van der Waals surface area contributed by atoms with Gasteiger partial charge in [0.15, 0.2) is 0 Å². The number of nitrogens with zero attached hydrogens (tertiary/aromatic N) is 2. The highest BCUT2D eigenvalue weighted by atomic mass is 32.1. The Hall–Kier alpha value is -1.22. The second-order valence-electron chi connectivity index (χ2n) is 6.67. The van der Waals surface area contributed by atoms with E-state index in [2.05, 4.69) is 34.4 Å². The predicted octanol–water partition coefficient (Wildman–Crippen LogP) is 6.98. The molecule has 1 atom stereocenters.